The lowest BCUT2D eigenvalue weighted by atomic mass is 10.1. The smallest absolute Gasteiger partial charge is 0.383 e. The van der Waals surface area contributed by atoms with Gasteiger partial charge in [-0.15, -0.1) is 0 Å². The molecule has 0 spiro atoms. The second-order valence-corrected chi connectivity index (χ2v) is 5.96. The number of aliphatic hydroxyl groups is 1. The van der Waals surface area contributed by atoms with E-state index in [-0.39, 0.29) is 35.7 Å². The predicted molar refractivity (Wildman–Crippen MR) is 99.9 cm³/mol. The zero-order chi connectivity index (χ0) is 18.8. The number of aliphatic hydroxyl groups excluding tert-OH is 1. The van der Waals surface area contributed by atoms with Crippen molar-refractivity contribution in [1.29, 1.82) is 0 Å². The highest BCUT2D eigenvalue weighted by molar-refractivity contribution is 5.91. The van der Waals surface area contributed by atoms with Crippen molar-refractivity contribution >= 4 is 11.0 Å². The van der Waals surface area contributed by atoms with E-state index >= 15 is 0 Å². The molecule has 0 radical (unpaired) electrons. The average molecular weight is 362 g/mol. The first-order chi connectivity index (χ1) is 12.7. The van der Waals surface area contributed by atoms with Crippen LogP contribution >= 0.6 is 0 Å². The molecule has 6 heteroatoms. The van der Waals surface area contributed by atoms with Crippen LogP contribution in [0.3, 0.4) is 0 Å². The van der Waals surface area contributed by atoms with Gasteiger partial charge in [-0.3, -0.25) is 0 Å². The zero-order valence-corrected chi connectivity index (χ0v) is 15.1. The molecule has 0 bridgehead atoms. The molecule has 1 aromatic heterocycles. The summed E-state index contributed by atoms with van der Waals surface area (Å²) in [6.07, 6.45) is 9.10. The fraction of sp³-hybridized carbons (Fsp3) is 0.450. The molecule has 0 atom stereocenters. The molecule has 1 aromatic carbocycles. The first-order valence-electron chi connectivity index (χ1n) is 9.03. The molecule has 2 aromatic rings. The van der Waals surface area contributed by atoms with Crippen molar-refractivity contribution < 1.29 is 24.1 Å². The van der Waals surface area contributed by atoms with Gasteiger partial charge in [0, 0.05) is 13.0 Å². The maximum atomic E-state index is 12.1. The minimum absolute atomic E-state index is 0.00322. The summed E-state index contributed by atoms with van der Waals surface area (Å²) in [6, 6.07) is 4.89. The number of fused-ring (bicyclic) bond motifs is 1. The Balaban J connectivity index is 2.17. The minimum Gasteiger partial charge on any atom is -0.503 e. The number of ether oxygens (including phenoxy) is 2. The molecule has 6 nitrogen and oxygen atoms in total. The van der Waals surface area contributed by atoms with Gasteiger partial charge in [-0.1, -0.05) is 32.3 Å². The van der Waals surface area contributed by atoms with Crippen molar-refractivity contribution in [2.75, 3.05) is 13.2 Å². The molecule has 0 amide bonds. The van der Waals surface area contributed by atoms with Gasteiger partial charge in [0.05, 0.1) is 12.9 Å². The molecule has 0 saturated heterocycles. The standard InChI is InChI=1S/C20H26O6/c1-2-3-4-5-6-7-13-25-19-18(22)17-15(24-14-9-12-21)10-8-11-16(17)26-20(19)23/h7-8,10-11,13,21-22H,2-6,9,12,14H2,1H3. The van der Waals surface area contributed by atoms with E-state index in [2.05, 4.69) is 6.92 Å². The highest BCUT2D eigenvalue weighted by atomic mass is 16.5. The summed E-state index contributed by atoms with van der Waals surface area (Å²) < 4.78 is 16.1. The van der Waals surface area contributed by atoms with Gasteiger partial charge in [-0.25, -0.2) is 4.79 Å². The van der Waals surface area contributed by atoms with Crippen molar-refractivity contribution in [2.24, 2.45) is 0 Å². The Morgan fingerprint density at radius 2 is 2.04 bits per heavy atom. The highest BCUT2D eigenvalue weighted by Gasteiger charge is 2.18. The third kappa shape index (κ3) is 5.26. The van der Waals surface area contributed by atoms with Gasteiger partial charge in [0.1, 0.15) is 16.7 Å². The molecular formula is C20H26O6. The van der Waals surface area contributed by atoms with Gasteiger partial charge in [0.25, 0.3) is 5.75 Å². The number of hydrogen-bond donors (Lipinski definition) is 2. The molecule has 0 fully saturated rings. The van der Waals surface area contributed by atoms with E-state index in [0.717, 1.165) is 19.3 Å². The van der Waals surface area contributed by atoms with Crippen LogP contribution in [0.25, 0.3) is 11.0 Å². The first-order valence-corrected chi connectivity index (χ1v) is 9.03. The van der Waals surface area contributed by atoms with Crippen LogP contribution in [0.5, 0.6) is 17.2 Å². The molecule has 0 unspecified atom stereocenters. The number of hydrogen-bond acceptors (Lipinski definition) is 6. The first kappa shape index (κ1) is 19.8. The number of unbranched alkanes of at least 4 members (excludes halogenated alkanes) is 4. The number of benzene rings is 1. The van der Waals surface area contributed by atoms with Crippen LogP contribution < -0.4 is 15.1 Å². The predicted octanol–water partition coefficient (Wildman–Crippen LogP) is 4.12. The van der Waals surface area contributed by atoms with Gasteiger partial charge in [-0.2, -0.15) is 0 Å². The van der Waals surface area contributed by atoms with Gasteiger partial charge in [0.2, 0.25) is 0 Å². The van der Waals surface area contributed by atoms with E-state index in [1.807, 2.05) is 6.08 Å². The van der Waals surface area contributed by atoms with Gasteiger partial charge >= 0.3 is 5.63 Å². The van der Waals surface area contributed by atoms with Crippen molar-refractivity contribution in [1.82, 2.24) is 0 Å². The average Bonchev–Trinajstić information content (AvgIpc) is 2.63. The Kier molecular flexibility index (Phi) is 8.02. The maximum Gasteiger partial charge on any atom is 0.383 e. The Morgan fingerprint density at radius 3 is 2.81 bits per heavy atom. The highest BCUT2D eigenvalue weighted by Crippen LogP contribution is 2.37. The van der Waals surface area contributed by atoms with Crippen molar-refractivity contribution in [3.8, 4) is 17.2 Å². The van der Waals surface area contributed by atoms with Gasteiger partial charge in [0.15, 0.2) is 5.75 Å². The summed E-state index contributed by atoms with van der Waals surface area (Å²) in [5.74, 6) is -0.211. The van der Waals surface area contributed by atoms with E-state index < -0.39 is 5.63 Å². The van der Waals surface area contributed by atoms with Gasteiger partial charge < -0.3 is 24.1 Å². The number of rotatable bonds is 11. The Morgan fingerprint density at radius 1 is 1.19 bits per heavy atom. The van der Waals surface area contributed by atoms with E-state index in [1.165, 1.54) is 19.1 Å². The third-order valence-electron chi connectivity index (χ3n) is 3.89. The second kappa shape index (κ2) is 10.5. The van der Waals surface area contributed by atoms with E-state index in [1.54, 1.807) is 18.2 Å². The lowest BCUT2D eigenvalue weighted by Crippen LogP contribution is -2.05. The molecule has 1 heterocycles. The van der Waals surface area contributed by atoms with Gasteiger partial charge in [-0.05, 0) is 31.1 Å². The third-order valence-corrected chi connectivity index (χ3v) is 3.89. The van der Waals surface area contributed by atoms with Crippen LogP contribution in [0.1, 0.15) is 45.4 Å². The zero-order valence-electron chi connectivity index (χ0n) is 15.1. The summed E-state index contributed by atoms with van der Waals surface area (Å²) in [4.78, 5) is 12.1. The Hall–Kier alpha value is -2.47. The molecule has 2 rings (SSSR count). The molecule has 0 aliphatic rings. The molecular weight excluding hydrogens is 336 g/mol. The monoisotopic (exact) mass is 362 g/mol. The van der Waals surface area contributed by atoms with Crippen LogP contribution in [0, 0.1) is 0 Å². The number of allylic oxidation sites excluding steroid dienone is 1. The number of aromatic hydroxyl groups is 1. The molecule has 2 N–H and O–H groups in total. The van der Waals surface area contributed by atoms with E-state index in [4.69, 9.17) is 19.0 Å². The van der Waals surface area contributed by atoms with Crippen molar-refractivity contribution in [3.63, 3.8) is 0 Å². The van der Waals surface area contributed by atoms with E-state index in [9.17, 15) is 9.90 Å². The fourth-order valence-corrected chi connectivity index (χ4v) is 2.53. The Labute approximate surface area is 152 Å². The van der Waals surface area contributed by atoms with Crippen LogP contribution in [0.4, 0.5) is 0 Å². The van der Waals surface area contributed by atoms with Crippen molar-refractivity contribution in [3.05, 3.63) is 41.0 Å². The summed E-state index contributed by atoms with van der Waals surface area (Å²) in [6.45, 7) is 2.44. The maximum absolute atomic E-state index is 12.1. The summed E-state index contributed by atoms with van der Waals surface area (Å²) in [5.41, 5.74) is -0.539. The SMILES string of the molecule is CCCCCCC=COc1c(O)c2c(OCCCO)cccc2oc1=O. The fourth-order valence-electron chi connectivity index (χ4n) is 2.53. The van der Waals surface area contributed by atoms with E-state index in [0.29, 0.717) is 12.2 Å². The van der Waals surface area contributed by atoms with Crippen LogP contribution in [0.2, 0.25) is 0 Å². The largest absolute Gasteiger partial charge is 0.503 e. The summed E-state index contributed by atoms with van der Waals surface area (Å²) in [7, 11) is 0. The quantitative estimate of drug-likeness (QED) is 0.355. The summed E-state index contributed by atoms with van der Waals surface area (Å²) in [5, 5.41) is 19.6. The van der Waals surface area contributed by atoms with Crippen molar-refractivity contribution in [2.45, 2.75) is 45.4 Å². The lowest BCUT2D eigenvalue weighted by Gasteiger charge is -2.10. The Bertz CT molecular complexity index is 778. The van der Waals surface area contributed by atoms with Crippen LogP contribution in [-0.4, -0.2) is 23.4 Å². The molecule has 0 aliphatic heterocycles. The molecule has 142 valence electrons. The van der Waals surface area contributed by atoms with Crippen LogP contribution in [-0.2, 0) is 0 Å². The van der Waals surface area contributed by atoms with Crippen LogP contribution in [0.15, 0.2) is 39.7 Å². The minimum atomic E-state index is -0.752. The lowest BCUT2D eigenvalue weighted by molar-refractivity contribution is 0.234. The topological polar surface area (TPSA) is 89.1 Å². The molecule has 0 aliphatic carbocycles. The molecule has 26 heavy (non-hydrogen) atoms. The normalized spacial score (nSPS) is 11.3. The second-order valence-electron chi connectivity index (χ2n) is 5.96. The molecule has 0 saturated carbocycles. The summed E-state index contributed by atoms with van der Waals surface area (Å²) >= 11 is 0.